The molecule has 2 aliphatic heterocycles. The van der Waals surface area contributed by atoms with Crippen molar-refractivity contribution in [3.05, 3.63) is 77.4 Å². The van der Waals surface area contributed by atoms with Gasteiger partial charge in [0, 0.05) is 43.2 Å². The Morgan fingerprint density at radius 2 is 2.00 bits per heavy atom. The Kier molecular flexibility index (Phi) is 6.12. The van der Waals surface area contributed by atoms with Gasteiger partial charge in [-0.25, -0.2) is 4.98 Å². The van der Waals surface area contributed by atoms with Gasteiger partial charge in [0.05, 0.1) is 31.1 Å². The van der Waals surface area contributed by atoms with Crippen LogP contribution >= 0.6 is 0 Å². The molecule has 0 bridgehead atoms. The van der Waals surface area contributed by atoms with E-state index in [2.05, 4.69) is 37.3 Å². The van der Waals surface area contributed by atoms with E-state index in [-0.39, 0.29) is 11.9 Å². The average Bonchev–Trinajstić information content (AvgIpc) is 3.21. The zero-order valence-corrected chi connectivity index (χ0v) is 18.9. The number of aliphatic imine (C=N–C) groups is 1. The molecule has 34 heavy (non-hydrogen) atoms. The maximum absolute atomic E-state index is 13.0. The van der Waals surface area contributed by atoms with Crippen molar-refractivity contribution in [1.29, 1.82) is 5.26 Å². The number of pyridine rings is 2. The predicted octanol–water partition coefficient (Wildman–Crippen LogP) is 3.35. The van der Waals surface area contributed by atoms with Gasteiger partial charge in [-0.2, -0.15) is 5.26 Å². The first-order chi connectivity index (χ1) is 16.6. The topological polar surface area (TPSA) is 104 Å². The molecule has 1 amide bonds. The summed E-state index contributed by atoms with van der Waals surface area (Å²) in [5, 5.41) is 11.8. The third-order valence-corrected chi connectivity index (χ3v) is 6.07. The number of morpholine rings is 1. The van der Waals surface area contributed by atoms with Crippen LogP contribution in [0, 0.1) is 11.3 Å². The molecule has 8 heteroatoms. The molecule has 1 aromatic carbocycles. The fourth-order valence-electron chi connectivity index (χ4n) is 4.29. The standard InChI is InChI=1S/C26H24N6O2/c1-17-23-5-2-19(20-10-18(13-28-14-20)16-32-6-8-34-9-7-32)11-24(23)25(30-17)26(33)31-22-4-3-21(12-27)29-15-22/h2-5,10-11,13-15,17H,6-9,16H2,1H3,(H,31,33)/t17-/m0/s1. The highest BCUT2D eigenvalue weighted by atomic mass is 16.5. The van der Waals surface area contributed by atoms with Crippen LogP contribution in [-0.4, -0.2) is 52.8 Å². The fraction of sp³-hybridized carbons (Fsp3) is 0.269. The van der Waals surface area contributed by atoms with E-state index >= 15 is 0 Å². The number of amides is 1. The molecule has 170 valence electrons. The van der Waals surface area contributed by atoms with Crippen molar-refractivity contribution in [2.75, 3.05) is 31.6 Å². The van der Waals surface area contributed by atoms with Crippen LogP contribution in [0.5, 0.6) is 0 Å². The highest BCUT2D eigenvalue weighted by molar-refractivity contribution is 6.50. The monoisotopic (exact) mass is 452 g/mol. The number of rotatable bonds is 5. The van der Waals surface area contributed by atoms with E-state index in [1.54, 1.807) is 12.1 Å². The zero-order valence-electron chi connectivity index (χ0n) is 18.9. The van der Waals surface area contributed by atoms with Crippen LogP contribution in [0.1, 0.15) is 35.3 Å². The molecule has 0 spiro atoms. The average molecular weight is 453 g/mol. The van der Waals surface area contributed by atoms with Crippen LogP contribution in [0.4, 0.5) is 5.69 Å². The van der Waals surface area contributed by atoms with Crippen molar-refractivity contribution >= 4 is 17.3 Å². The minimum Gasteiger partial charge on any atom is -0.379 e. The van der Waals surface area contributed by atoms with Gasteiger partial charge in [-0.3, -0.25) is 19.7 Å². The summed E-state index contributed by atoms with van der Waals surface area (Å²) in [6.45, 7) is 6.18. The third-order valence-electron chi connectivity index (χ3n) is 6.07. The van der Waals surface area contributed by atoms with Crippen molar-refractivity contribution in [3.63, 3.8) is 0 Å². The normalized spacial score (nSPS) is 17.5. The molecule has 1 saturated heterocycles. The first kappa shape index (κ1) is 21.9. The van der Waals surface area contributed by atoms with Crippen molar-refractivity contribution in [2.45, 2.75) is 19.5 Å². The number of fused-ring (bicyclic) bond motifs is 1. The Bertz CT molecular complexity index is 1290. The minimum absolute atomic E-state index is 0.102. The van der Waals surface area contributed by atoms with E-state index in [0.717, 1.165) is 60.7 Å². The molecule has 0 radical (unpaired) electrons. The molecular formula is C26H24N6O2. The summed E-state index contributed by atoms with van der Waals surface area (Å²) >= 11 is 0. The minimum atomic E-state index is -0.298. The van der Waals surface area contributed by atoms with Crippen molar-refractivity contribution in [2.24, 2.45) is 4.99 Å². The highest BCUT2D eigenvalue weighted by Gasteiger charge is 2.27. The first-order valence-corrected chi connectivity index (χ1v) is 11.2. The molecule has 5 rings (SSSR count). The lowest BCUT2D eigenvalue weighted by Crippen LogP contribution is -2.35. The Morgan fingerprint density at radius 3 is 2.76 bits per heavy atom. The van der Waals surface area contributed by atoms with Gasteiger partial charge >= 0.3 is 0 Å². The Balaban J connectivity index is 1.38. The number of hydrogen-bond acceptors (Lipinski definition) is 7. The second-order valence-corrected chi connectivity index (χ2v) is 8.42. The van der Waals surface area contributed by atoms with Crippen LogP contribution < -0.4 is 5.32 Å². The molecule has 2 aromatic heterocycles. The molecule has 3 aromatic rings. The number of carbonyl (C=O) groups excluding carboxylic acids is 1. The Hall–Kier alpha value is -3.93. The molecule has 2 aliphatic rings. The van der Waals surface area contributed by atoms with E-state index in [9.17, 15) is 4.79 Å². The number of nitriles is 1. The second-order valence-electron chi connectivity index (χ2n) is 8.42. The fourth-order valence-corrected chi connectivity index (χ4v) is 4.29. The number of aromatic nitrogens is 2. The van der Waals surface area contributed by atoms with Gasteiger partial charge < -0.3 is 10.1 Å². The quantitative estimate of drug-likeness (QED) is 0.637. The van der Waals surface area contributed by atoms with Crippen LogP contribution in [0.15, 0.2) is 60.0 Å². The van der Waals surface area contributed by atoms with Crippen LogP contribution in [0.2, 0.25) is 0 Å². The van der Waals surface area contributed by atoms with E-state index in [1.807, 2.05) is 37.5 Å². The lowest BCUT2D eigenvalue weighted by Gasteiger charge is -2.26. The van der Waals surface area contributed by atoms with Crippen molar-refractivity contribution < 1.29 is 9.53 Å². The number of nitrogens with zero attached hydrogens (tertiary/aromatic N) is 5. The molecular weight excluding hydrogens is 428 g/mol. The Labute approximate surface area is 197 Å². The molecule has 0 aliphatic carbocycles. The van der Waals surface area contributed by atoms with Gasteiger partial charge in [-0.05, 0) is 47.9 Å². The first-order valence-electron chi connectivity index (χ1n) is 11.2. The summed E-state index contributed by atoms with van der Waals surface area (Å²) in [7, 11) is 0. The smallest absolute Gasteiger partial charge is 0.274 e. The van der Waals surface area contributed by atoms with Gasteiger partial charge in [-0.1, -0.05) is 12.1 Å². The molecule has 1 atom stereocenters. The van der Waals surface area contributed by atoms with Crippen molar-refractivity contribution in [1.82, 2.24) is 14.9 Å². The van der Waals surface area contributed by atoms with Gasteiger partial charge in [0.2, 0.25) is 0 Å². The summed E-state index contributed by atoms with van der Waals surface area (Å²) in [6, 6.07) is 13.4. The molecule has 4 heterocycles. The Morgan fingerprint density at radius 1 is 1.15 bits per heavy atom. The highest BCUT2D eigenvalue weighted by Crippen LogP contribution is 2.33. The lowest BCUT2D eigenvalue weighted by atomic mass is 9.96. The number of ether oxygens (including phenoxy) is 1. The SMILES string of the molecule is C[C@@H]1N=C(C(=O)Nc2ccc(C#N)nc2)c2cc(-c3cncc(CN4CCOCC4)c3)ccc21. The maximum Gasteiger partial charge on any atom is 0.274 e. The summed E-state index contributed by atoms with van der Waals surface area (Å²) in [6.07, 6.45) is 5.22. The molecule has 1 N–H and O–H groups in total. The zero-order chi connectivity index (χ0) is 23.5. The van der Waals surface area contributed by atoms with Crippen molar-refractivity contribution in [3.8, 4) is 17.2 Å². The van der Waals surface area contributed by atoms with E-state index in [1.165, 1.54) is 6.20 Å². The van der Waals surface area contributed by atoms with Gasteiger partial charge in [0.1, 0.15) is 17.5 Å². The van der Waals surface area contributed by atoms with E-state index < -0.39 is 0 Å². The van der Waals surface area contributed by atoms with Gasteiger partial charge in [0.15, 0.2) is 0 Å². The van der Waals surface area contributed by atoms with E-state index in [0.29, 0.717) is 17.1 Å². The van der Waals surface area contributed by atoms with Gasteiger partial charge in [-0.15, -0.1) is 0 Å². The summed E-state index contributed by atoms with van der Waals surface area (Å²) in [5.41, 5.74) is 6.19. The molecule has 8 nitrogen and oxygen atoms in total. The summed E-state index contributed by atoms with van der Waals surface area (Å²) in [5.74, 6) is -0.298. The number of benzene rings is 1. The largest absolute Gasteiger partial charge is 0.379 e. The molecule has 0 unspecified atom stereocenters. The van der Waals surface area contributed by atoms with Crippen LogP contribution in [0.25, 0.3) is 11.1 Å². The van der Waals surface area contributed by atoms with E-state index in [4.69, 9.17) is 10.00 Å². The predicted molar refractivity (Wildman–Crippen MR) is 128 cm³/mol. The van der Waals surface area contributed by atoms with Crippen LogP contribution in [0.3, 0.4) is 0 Å². The number of hydrogen-bond donors (Lipinski definition) is 1. The third kappa shape index (κ3) is 4.57. The maximum atomic E-state index is 13.0. The molecule has 0 saturated carbocycles. The van der Waals surface area contributed by atoms with Gasteiger partial charge in [0.25, 0.3) is 5.91 Å². The number of carbonyl (C=O) groups is 1. The summed E-state index contributed by atoms with van der Waals surface area (Å²) in [4.78, 5) is 28.5. The summed E-state index contributed by atoms with van der Waals surface area (Å²) < 4.78 is 5.44. The second kappa shape index (κ2) is 9.51. The number of nitrogens with one attached hydrogen (secondary N) is 1. The molecule has 1 fully saturated rings. The van der Waals surface area contributed by atoms with Crippen LogP contribution in [-0.2, 0) is 16.1 Å². The lowest BCUT2D eigenvalue weighted by molar-refractivity contribution is -0.110. The number of anilines is 1.